The van der Waals surface area contributed by atoms with E-state index in [2.05, 4.69) is 0 Å². The van der Waals surface area contributed by atoms with E-state index in [0.29, 0.717) is 42.6 Å². The zero-order valence-corrected chi connectivity index (χ0v) is 17.5. The molecule has 0 aromatic heterocycles. The van der Waals surface area contributed by atoms with Gasteiger partial charge in [0, 0.05) is 31.3 Å². The molecule has 0 aliphatic carbocycles. The molecule has 0 spiro atoms. The molecule has 0 unspecified atom stereocenters. The lowest BCUT2D eigenvalue weighted by Gasteiger charge is -2.21. The molecule has 28 heavy (non-hydrogen) atoms. The van der Waals surface area contributed by atoms with Gasteiger partial charge in [-0.2, -0.15) is 0 Å². The van der Waals surface area contributed by atoms with Crippen LogP contribution < -0.4 is 14.2 Å². The largest absolute Gasteiger partial charge is 0.496 e. The summed E-state index contributed by atoms with van der Waals surface area (Å²) in [5.74, 6) is 1.96. The summed E-state index contributed by atoms with van der Waals surface area (Å²) in [5, 5.41) is 0. The van der Waals surface area contributed by atoms with E-state index in [4.69, 9.17) is 18.9 Å². The summed E-state index contributed by atoms with van der Waals surface area (Å²) in [6, 6.07) is 9.23. The molecule has 2 aromatic carbocycles. The number of methoxy groups -OCH3 is 3. The predicted octanol–water partition coefficient (Wildman–Crippen LogP) is 3.83. The Balaban J connectivity index is 2.23. The van der Waals surface area contributed by atoms with Crippen LogP contribution in [0.25, 0.3) is 0 Å². The van der Waals surface area contributed by atoms with Gasteiger partial charge in [0.05, 0.1) is 27.9 Å². The number of hydrogen-bond donors (Lipinski definition) is 0. The van der Waals surface area contributed by atoms with Crippen molar-refractivity contribution in [2.75, 3.05) is 35.0 Å². The number of carbonyl (C=O) groups excluding carboxylic acids is 1. The molecule has 2 rings (SSSR count). The number of rotatable bonds is 9. The Bertz CT molecular complexity index is 819. The Morgan fingerprint density at radius 2 is 1.57 bits per heavy atom. The average molecular weight is 387 g/mol. The summed E-state index contributed by atoms with van der Waals surface area (Å²) < 4.78 is 21.6. The van der Waals surface area contributed by atoms with Crippen molar-refractivity contribution in [3.05, 3.63) is 52.6 Å². The second kappa shape index (κ2) is 9.99. The molecule has 0 radical (unpaired) electrons. The van der Waals surface area contributed by atoms with Gasteiger partial charge < -0.3 is 23.8 Å². The standard InChI is InChI=1S/C22H29NO5/c1-7-28-14-18-11-16(8-9-19(18)25-4)22(24)23(3)13-17-12-21(27-6)20(26-5)10-15(17)2/h8-12H,7,13-14H2,1-6H3. The highest BCUT2D eigenvalue weighted by Gasteiger charge is 2.17. The van der Waals surface area contributed by atoms with Crippen molar-refractivity contribution in [1.29, 1.82) is 0 Å². The van der Waals surface area contributed by atoms with Crippen LogP contribution in [0.2, 0.25) is 0 Å². The van der Waals surface area contributed by atoms with Gasteiger partial charge in [-0.05, 0) is 55.3 Å². The summed E-state index contributed by atoms with van der Waals surface area (Å²) in [7, 11) is 6.60. The molecule has 0 N–H and O–H groups in total. The Hall–Kier alpha value is -2.73. The second-order valence-corrected chi connectivity index (χ2v) is 6.46. The van der Waals surface area contributed by atoms with Crippen molar-refractivity contribution in [1.82, 2.24) is 4.90 Å². The lowest BCUT2D eigenvalue weighted by molar-refractivity contribution is 0.0784. The van der Waals surface area contributed by atoms with Gasteiger partial charge in [0.1, 0.15) is 5.75 Å². The molecule has 0 bridgehead atoms. The molecule has 0 saturated heterocycles. The van der Waals surface area contributed by atoms with Crippen LogP contribution in [0.5, 0.6) is 17.2 Å². The zero-order valence-electron chi connectivity index (χ0n) is 17.5. The highest BCUT2D eigenvalue weighted by Crippen LogP contribution is 2.31. The summed E-state index contributed by atoms with van der Waals surface area (Å²) in [6.45, 7) is 5.38. The third-order valence-electron chi connectivity index (χ3n) is 4.59. The molecular formula is C22H29NO5. The number of hydrogen-bond acceptors (Lipinski definition) is 5. The van der Waals surface area contributed by atoms with E-state index in [0.717, 1.165) is 16.7 Å². The van der Waals surface area contributed by atoms with E-state index in [1.807, 2.05) is 32.0 Å². The van der Waals surface area contributed by atoms with E-state index in [1.165, 1.54) is 0 Å². The van der Waals surface area contributed by atoms with Crippen LogP contribution >= 0.6 is 0 Å². The van der Waals surface area contributed by atoms with Gasteiger partial charge in [-0.1, -0.05) is 0 Å². The smallest absolute Gasteiger partial charge is 0.253 e. The van der Waals surface area contributed by atoms with Crippen LogP contribution in [0.1, 0.15) is 34.0 Å². The lowest BCUT2D eigenvalue weighted by atomic mass is 10.1. The van der Waals surface area contributed by atoms with Crippen molar-refractivity contribution < 1.29 is 23.7 Å². The Kier molecular flexibility index (Phi) is 7.70. The van der Waals surface area contributed by atoms with E-state index in [-0.39, 0.29) is 5.91 Å². The van der Waals surface area contributed by atoms with Gasteiger partial charge in [0.15, 0.2) is 11.5 Å². The first-order valence-electron chi connectivity index (χ1n) is 9.16. The van der Waals surface area contributed by atoms with Gasteiger partial charge in [0.25, 0.3) is 5.91 Å². The molecule has 152 valence electrons. The monoisotopic (exact) mass is 387 g/mol. The van der Waals surface area contributed by atoms with Crippen LogP contribution in [-0.4, -0.2) is 45.8 Å². The minimum atomic E-state index is -0.0745. The van der Waals surface area contributed by atoms with Gasteiger partial charge in [-0.15, -0.1) is 0 Å². The van der Waals surface area contributed by atoms with Crippen molar-refractivity contribution >= 4 is 5.91 Å². The maximum Gasteiger partial charge on any atom is 0.253 e. The molecule has 0 aliphatic heterocycles. The Morgan fingerprint density at radius 3 is 2.18 bits per heavy atom. The molecule has 1 amide bonds. The van der Waals surface area contributed by atoms with Crippen molar-refractivity contribution in [3.8, 4) is 17.2 Å². The summed E-state index contributed by atoms with van der Waals surface area (Å²) in [5.41, 5.74) is 3.47. The molecule has 2 aromatic rings. The number of carbonyl (C=O) groups is 1. The van der Waals surface area contributed by atoms with Crippen LogP contribution in [0.4, 0.5) is 0 Å². The van der Waals surface area contributed by atoms with Crippen LogP contribution in [-0.2, 0) is 17.9 Å². The first kappa shape index (κ1) is 21.6. The van der Waals surface area contributed by atoms with Crippen molar-refractivity contribution in [2.45, 2.75) is 27.0 Å². The predicted molar refractivity (Wildman–Crippen MR) is 108 cm³/mol. The molecule has 0 heterocycles. The van der Waals surface area contributed by atoms with Crippen molar-refractivity contribution in [2.24, 2.45) is 0 Å². The third kappa shape index (κ3) is 4.95. The molecule has 0 fully saturated rings. The van der Waals surface area contributed by atoms with Crippen LogP contribution in [0, 0.1) is 6.92 Å². The lowest BCUT2D eigenvalue weighted by Crippen LogP contribution is -2.26. The van der Waals surface area contributed by atoms with Gasteiger partial charge in [-0.3, -0.25) is 4.79 Å². The van der Waals surface area contributed by atoms with Crippen LogP contribution in [0.3, 0.4) is 0 Å². The van der Waals surface area contributed by atoms with E-state index in [9.17, 15) is 4.79 Å². The Morgan fingerprint density at radius 1 is 0.929 bits per heavy atom. The van der Waals surface area contributed by atoms with E-state index in [1.54, 1.807) is 45.4 Å². The molecule has 6 heteroatoms. The number of benzene rings is 2. The minimum Gasteiger partial charge on any atom is -0.496 e. The maximum atomic E-state index is 13.0. The summed E-state index contributed by atoms with van der Waals surface area (Å²) in [4.78, 5) is 14.6. The summed E-state index contributed by atoms with van der Waals surface area (Å²) >= 11 is 0. The molecule has 0 saturated carbocycles. The number of ether oxygens (including phenoxy) is 4. The van der Waals surface area contributed by atoms with Crippen molar-refractivity contribution in [3.63, 3.8) is 0 Å². The second-order valence-electron chi connectivity index (χ2n) is 6.46. The van der Waals surface area contributed by atoms with Crippen LogP contribution in [0.15, 0.2) is 30.3 Å². The fourth-order valence-corrected chi connectivity index (χ4v) is 2.98. The fourth-order valence-electron chi connectivity index (χ4n) is 2.98. The molecule has 6 nitrogen and oxygen atoms in total. The maximum absolute atomic E-state index is 13.0. The molecule has 0 atom stereocenters. The normalized spacial score (nSPS) is 10.5. The SMILES string of the molecule is CCOCc1cc(C(=O)N(C)Cc2cc(OC)c(OC)cc2C)ccc1OC. The zero-order chi connectivity index (χ0) is 20.7. The third-order valence-corrected chi connectivity index (χ3v) is 4.59. The van der Waals surface area contributed by atoms with Gasteiger partial charge in [0.2, 0.25) is 0 Å². The van der Waals surface area contributed by atoms with E-state index >= 15 is 0 Å². The number of nitrogens with zero attached hydrogens (tertiary/aromatic N) is 1. The van der Waals surface area contributed by atoms with Gasteiger partial charge >= 0.3 is 0 Å². The van der Waals surface area contributed by atoms with E-state index < -0.39 is 0 Å². The quantitative estimate of drug-likeness (QED) is 0.655. The Labute approximate surface area is 167 Å². The highest BCUT2D eigenvalue weighted by atomic mass is 16.5. The van der Waals surface area contributed by atoms with Gasteiger partial charge in [-0.25, -0.2) is 0 Å². The first-order chi connectivity index (χ1) is 13.4. The minimum absolute atomic E-state index is 0.0745. The topological polar surface area (TPSA) is 57.2 Å². The highest BCUT2D eigenvalue weighted by molar-refractivity contribution is 5.94. The average Bonchev–Trinajstić information content (AvgIpc) is 2.72. The molecule has 0 aliphatic rings. The number of aryl methyl sites for hydroxylation is 1. The first-order valence-corrected chi connectivity index (χ1v) is 9.16. The number of amides is 1. The summed E-state index contributed by atoms with van der Waals surface area (Å²) in [6.07, 6.45) is 0. The molecular weight excluding hydrogens is 358 g/mol. The fraction of sp³-hybridized carbons (Fsp3) is 0.409.